The van der Waals surface area contributed by atoms with E-state index in [4.69, 9.17) is 4.74 Å². The molecular formula is C26H26FN3O3. The van der Waals surface area contributed by atoms with E-state index < -0.39 is 11.7 Å². The standard InChI is InChI=1S/C26H26FN3O3/c1-30(22-8-6-18-10-11-28-16-21(18)13-22)26(32)20-5-3-4-17(12-20)15-29-25(31)19-7-9-24(33-2)23(27)14-19/h3-9,12-14,28H,10-11,15-16H2,1-2H3,(H,29,31). The maximum absolute atomic E-state index is 13.9. The van der Waals surface area contributed by atoms with E-state index in [0.717, 1.165) is 36.8 Å². The molecule has 0 saturated carbocycles. The number of ether oxygens (including phenoxy) is 1. The van der Waals surface area contributed by atoms with Crippen molar-refractivity contribution < 1.29 is 18.7 Å². The van der Waals surface area contributed by atoms with Gasteiger partial charge < -0.3 is 20.3 Å². The molecule has 33 heavy (non-hydrogen) atoms. The van der Waals surface area contributed by atoms with Gasteiger partial charge in [0.2, 0.25) is 0 Å². The van der Waals surface area contributed by atoms with Crippen molar-refractivity contribution in [2.45, 2.75) is 19.5 Å². The highest BCUT2D eigenvalue weighted by Crippen LogP contribution is 2.23. The summed E-state index contributed by atoms with van der Waals surface area (Å²) in [6.07, 6.45) is 0.990. The molecule has 0 unspecified atom stereocenters. The fourth-order valence-corrected chi connectivity index (χ4v) is 3.89. The molecular weight excluding hydrogens is 421 g/mol. The van der Waals surface area contributed by atoms with Crippen molar-refractivity contribution in [3.8, 4) is 5.75 Å². The molecule has 2 N–H and O–H groups in total. The first-order chi connectivity index (χ1) is 16.0. The van der Waals surface area contributed by atoms with Gasteiger partial charge in [-0.25, -0.2) is 4.39 Å². The largest absolute Gasteiger partial charge is 0.494 e. The number of amides is 2. The molecule has 3 aromatic carbocycles. The molecule has 6 nitrogen and oxygen atoms in total. The van der Waals surface area contributed by atoms with Crippen LogP contribution in [0.25, 0.3) is 0 Å². The van der Waals surface area contributed by atoms with Gasteiger partial charge in [0, 0.05) is 37.0 Å². The van der Waals surface area contributed by atoms with E-state index in [1.54, 1.807) is 30.1 Å². The Morgan fingerprint density at radius 3 is 2.70 bits per heavy atom. The van der Waals surface area contributed by atoms with Crippen molar-refractivity contribution in [2.24, 2.45) is 0 Å². The Labute approximate surface area is 192 Å². The number of hydrogen-bond donors (Lipinski definition) is 2. The van der Waals surface area contributed by atoms with Gasteiger partial charge in [-0.05, 0) is 72.1 Å². The summed E-state index contributed by atoms with van der Waals surface area (Å²) >= 11 is 0. The van der Waals surface area contributed by atoms with Crippen LogP contribution in [0.15, 0.2) is 60.7 Å². The number of benzene rings is 3. The molecule has 1 heterocycles. The van der Waals surface area contributed by atoms with Gasteiger partial charge in [0.25, 0.3) is 11.8 Å². The van der Waals surface area contributed by atoms with Crippen LogP contribution in [-0.4, -0.2) is 32.5 Å². The fourth-order valence-electron chi connectivity index (χ4n) is 3.89. The summed E-state index contributed by atoms with van der Waals surface area (Å²) in [5, 5.41) is 6.12. The average Bonchev–Trinajstić information content (AvgIpc) is 2.86. The van der Waals surface area contributed by atoms with Crippen LogP contribution in [0.3, 0.4) is 0 Å². The number of carbonyl (C=O) groups excluding carboxylic acids is 2. The van der Waals surface area contributed by atoms with Crippen LogP contribution < -0.4 is 20.3 Å². The van der Waals surface area contributed by atoms with Crippen molar-refractivity contribution in [1.29, 1.82) is 0 Å². The zero-order valence-corrected chi connectivity index (χ0v) is 18.7. The number of nitrogens with zero attached hydrogens (tertiary/aromatic N) is 1. The fraction of sp³-hybridized carbons (Fsp3) is 0.231. The van der Waals surface area contributed by atoms with Gasteiger partial charge in [0.15, 0.2) is 11.6 Å². The van der Waals surface area contributed by atoms with Gasteiger partial charge in [-0.15, -0.1) is 0 Å². The molecule has 0 aliphatic carbocycles. The van der Waals surface area contributed by atoms with Gasteiger partial charge >= 0.3 is 0 Å². The first-order valence-electron chi connectivity index (χ1n) is 10.8. The Bertz CT molecular complexity index is 1200. The lowest BCUT2D eigenvalue weighted by molar-refractivity contribution is 0.0949. The van der Waals surface area contributed by atoms with E-state index in [2.05, 4.69) is 22.8 Å². The average molecular weight is 448 g/mol. The van der Waals surface area contributed by atoms with E-state index >= 15 is 0 Å². The highest BCUT2D eigenvalue weighted by molar-refractivity contribution is 6.06. The quantitative estimate of drug-likeness (QED) is 0.605. The number of methoxy groups -OCH3 is 1. The summed E-state index contributed by atoms with van der Waals surface area (Å²) < 4.78 is 18.8. The molecule has 1 aliphatic rings. The lowest BCUT2D eigenvalue weighted by atomic mass is 10.00. The summed E-state index contributed by atoms with van der Waals surface area (Å²) in [6, 6.07) is 17.3. The van der Waals surface area contributed by atoms with Gasteiger partial charge in [-0.1, -0.05) is 18.2 Å². The molecule has 3 aromatic rings. The van der Waals surface area contributed by atoms with Gasteiger partial charge in [-0.2, -0.15) is 0 Å². The van der Waals surface area contributed by atoms with Crippen molar-refractivity contribution >= 4 is 17.5 Å². The van der Waals surface area contributed by atoms with Gasteiger partial charge in [0.1, 0.15) is 0 Å². The van der Waals surface area contributed by atoms with Crippen LogP contribution in [0.2, 0.25) is 0 Å². The van der Waals surface area contributed by atoms with Crippen LogP contribution in [0.5, 0.6) is 5.75 Å². The van der Waals surface area contributed by atoms with Crippen molar-refractivity contribution in [3.05, 3.63) is 94.3 Å². The summed E-state index contributed by atoms with van der Waals surface area (Å²) in [5.74, 6) is -1.06. The number of halogens is 1. The molecule has 1 aliphatic heterocycles. The third kappa shape index (κ3) is 5.04. The number of rotatable bonds is 6. The van der Waals surface area contributed by atoms with Crippen LogP contribution in [-0.2, 0) is 19.5 Å². The highest BCUT2D eigenvalue weighted by atomic mass is 19.1. The van der Waals surface area contributed by atoms with E-state index in [-0.39, 0.29) is 23.8 Å². The number of hydrogen-bond acceptors (Lipinski definition) is 4. The molecule has 2 amide bonds. The van der Waals surface area contributed by atoms with Crippen molar-refractivity contribution in [3.63, 3.8) is 0 Å². The first kappa shape index (κ1) is 22.5. The smallest absolute Gasteiger partial charge is 0.258 e. The second kappa shape index (κ2) is 9.83. The molecule has 0 saturated heterocycles. The molecule has 0 aromatic heterocycles. The summed E-state index contributed by atoms with van der Waals surface area (Å²) in [5.41, 5.74) is 4.85. The van der Waals surface area contributed by atoms with Crippen molar-refractivity contribution in [1.82, 2.24) is 10.6 Å². The molecule has 0 radical (unpaired) electrons. The van der Waals surface area contributed by atoms with Crippen molar-refractivity contribution in [2.75, 3.05) is 25.6 Å². The molecule has 0 atom stereocenters. The molecule has 4 rings (SSSR count). The van der Waals surface area contributed by atoms with Crippen LogP contribution >= 0.6 is 0 Å². The maximum Gasteiger partial charge on any atom is 0.258 e. The zero-order valence-electron chi connectivity index (χ0n) is 18.7. The number of anilines is 1. The third-order valence-electron chi connectivity index (χ3n) is 5.81. The minimum Gasteiger partial charge on any atom is -0.494 e. The normalized spacial score (nSPS) is 12.6. The first-order valence-corrected chi connectivity index (χ1v) is 10.8. The SMILES string of the molecule is COc1ccc(C(=O)NCc2cccc(C(=O)N(C)c3ccc4c(c3)CNCC4)c2)cc1F. The monoisotopic (exact) mass is 447 g/mol. The van der Waals surface area contributed by atoms with Crippen LogP contribution in [0.4, 0.5) is 10.1 Å². The Balaban J connectivity index is 1.43. The van der Waals surface area contributed by atoms with E-state index in [0.29, 0.717) is 5.56 Å². The van der Waals surface area contributed by atoms with E-state index in [1.165, 1.54) is 30.4 Å². The third-order valence-corrected chi connectivity index (χ3v) is 5.81. The predicted octanol–water partition coefficient (Wildman–Crippen LogP) is 3.69. The maximum atomic E-state index is 13.9. The lowest BCUT2D eigenvalue weighted by Gasteiger charge is -2.22. The highest BCUT2D eigenvalue weighted by Gasteiger charge is 2.17. The van der Waals surface area contributed by atoms with Crippen LogP contribution in [0.1, 0.15) is 37.4 Å². The lowest BCUT2D eigenvalue weighted by Crippen LogP contribution is -2.28. The molecule has 0 bridgehead atoms. The topological polar surface area (TPSA) is 70.7 Å². The summed E-state index contributed by atoms with van der Waals surface area (Å²) in [6.45, 7) is 1.98. The van der Waals surface area contributed by atoms with E-state index in [1.807, 2.05) is 12.1 Å². The Hall–Kier alpha value is -3.71. The Morgan fingerprint density at radius 1 is 1.06 bits per heavy atom. The minimum atomic E-state index is -0.598. The minimum absolute atomic E-state index is 0.0806. The zero-order chi connectivity index (χ0) is 23.4. The number of carbonyl (C=O) groups is 2. The second-order valence-corrected chi connectivity index (χ2v) is 7.98. The van der Waals surface area contributed by atoms with Gasteiger partial charge in [-0.3, -0.25) is 9.59 Å². The Morgan fingerprint density at radius 2 is 1.91 bits per heavy atom. The number of fused-ring (bicyclic) bond motifs is 1. The molecule has 0 spiro atoms. The summed E-state index contributed by atoms with van der Waals surface area (Å²) in [4.78, 5) is 27.1. The molecule has 7 heteroatoms. The number of nitrogens with one attached hydrogen (secondary N) is 2. The molecule has 170 valence electrons. The predicted molar refractivity (Wildman–Crippen MR) is 125 cm³/mol. The summed E-state index contributed by atoms with van der Waals surface area (Å²) in [7, 11) is 3.12. The van der Waals surface area contributed by atoms with E-state index in [9.17, 15) is 14.0 Å². The van der Waals surface area contributed by atoms with Gasteiger partial charge in [0.05, 0.1) is 7.11 Å². The second-order valence-electron chi connectivity index (χ2n) is 7.98. The Kier molecular flexibility index (Phi) is 6.70. The van der Waals surface area contributed by atoms with Crippen LogP contribution in [0, 0.1) is 5.82 Å². The molecule has 0 fully saturated rings.